The minimum atomic E-state index is -0.964. The molecule has 9 nitrogen and oxygen atoms in total. The van der Waals surface area contributed by atoms with Crippen molar-refractivity contribution in [2.45, 2.75) is 51.9 Å². The van der Waals surface area contributed by atoms with Crippen LogP contribution in [0.4, 0.5) is 0 Å². The molecule has 0 unspecified atom stereocenters. The number of phenols is 1. The lowest BCUT2D eigenvalue weighted by Crippen LogP contribution is -2.50. The van der Waals surface area contributed by atoms with Crippen LogP contribution < -0.4 is 5.32 Å². The van der Waals surface area contributed by atoms with Gasteiger partial charge in [0, 0.05) is 5.54 Å². The zero-order valence-electron chi connectivity index (χ0n) is 20.0. The van der Waals surface area contributed by atoms with E-state index in [2.05, 4.69) is 15.6 Å². The fraction of sp³-hybridized carbons (Fsp3) is 0.308. The van der Waals surface area contributed by atoms with Crippen LogP contribution in [0, 0.1) is 0 Å². The average molecular weight is 476 g/mol. The molecule has 2 amide bonds. The summed E-state index contributed by atoms with van der Waals surface area (Å²) in [5.74, 6) is -0.0570. The van der Waals surface area contributed by atoms with Crippen LogP contribution in [0.25, 0.3) is 11.0 Å². The molecule has 35 heavy (non-hydrogen) atoms. The number of para-hydroxylation sites is 1. The number of furan rings is 1. The van der Waals surface area contributed by atoms with Crippen molar-refractivity contribution in [3.05, 3.63) is 78.3 Å². The topological polar surface area (TPSA) is 113 Å². The summed E-state index contributed by atoms with van der Waals surface area (Å²) >= 11 is 0. The van der Waals surface area contributed by atoms with Gasteiger partial charge < -0.3 is 19.7 Å². The summed E-state index contributed by atoms with van der Waals surface area (Å²) in [4.78, 5) is 28.9. The highest BCUT2D eigenvalue weighted by Gasteiger charge is 2.34. The van der Waals surface area contributed by atoms with E-state index in [4.69, 9.17) is 4.42 Å². The average Bonchev–Trinajstić information content (AvgIpc) is 3.50. The summed E-state index contributed by atoms with van der Waals surface area (Å²) in [6, 6.07) is 16.2. The van der Waals surface area contributed by atoms with Gasteiger partial charge in [-0.3, -0.25) is 9.59 Å². The highest BCUT2D eigenvalue weighted by Crippen LogP contribution is 2.27. The Labute approximate surface area is 203 Å². The molecule has 0 fully saturated rings. The van der Waals surface area contributed by atoms with Gasteiger partial charge in [0.1, 0.15) is 29.6 Å². The number of aromatic hydroxyl groups is 1. The van der Waals surface area contributed by atoms with Crippen molar-refractivity contribution in [3.63, 3.8) is 0 Å². The quantitative estimate of drug-likeness (QED) is 0.381. The normalized spacial score (nSPS) is 12.4. The van der Waals surface area contributed by atoms with E-state index in [-0.39, 0.29) is 30.7 Å². The number of nitrogens with zero attached hydrogens (tertiary/aromatic N) is 4. The monoisotopic (exact) mass is 475 g/mol. The van der Waals surface area contributed by atoms with Crippen molar-refractivity contribution in [2.24, 2.45) is 0 Å². The minimum absolute atomic E-state index is 0.0693. The first-order valence-corrected chi connectivity index (χ1v) is 11.5. The van der Waals surface area contributed by atoms with Crippen LogP contribution in [0.1, 0.15) is 44.6 Å². The van der Waals surface area contributed by atoms with Gasteiger partial charge in [-0.25, -0.2) is 4.68 Å². The van der Waals surface area contributed by atoms with Crippen LogP contribution >= 0.6 is 0 Å². The fourth-order valence-corrected chi connectivity index (χ4v) is 3.77. The molecule has 2 aromatic carbocycles. The van der Waals surface area contributed by atoms with E-state index >= 15 is 0 Å². The van der Waals surface area contributed by atoms with E-state index in [0.29, 0.717) is 23.3 Å². The molecule has 182 valence electrons. The Morgan fingerprint density at radius 3 is 2.54 bits per heavy atom. The number of fused-ring (bicyclic) bond motifs is 1. The standard InChI is InChI=1S/C26H29N5O4/c1-4-26(2,3)27-25(34)24(18-11-13-19(32)14-12-18)30(16-20-8-7-15-35-20)23(33)17-31-22-10-6-5-9-21(22)28-29-31/h5-15,24,32H,4,16-17H2,1-3H3,(H,27,34)/t24-/m1/s1. The molecule has 4 aromatic rings. The maximum Gasteiger partial charge on any atom is 0.247 e. The molecule has 0 aliphatic carbocycles. The Morgan fingerprint density at radius 2 is 1.86 bits per heavy atom. The van der Waals surface area contributed by atoms with Crippen molar-refractivity contribution in [1.82, 2.24) is 25.2 Å². The van der Waals surface area contributed by atoms with Crippen LogP contribution in [0.2, 0.25) is 0 Å². The zero-order valence-corrected chi connectivity index (χ0v) is 20.0. The molecular formula is C26H29N5O4. The molecule has 0 saturated heterocycles. The molecule has 0 bridgehead atoms. The molecular weight excluding hydrogens is 446 g/mol. The van der Waals surface area contributed by atoms with Crippen LogP contribution in [0.5, 0.6) is 5.75 Å². The number of hydrogen-bond donors (Lipinski definition) is 2. The Kier molecular flexibility index (Phi) is 6.86. The lowest BCUT2D eigenvalue weighted by Gasteiger charge is -2.34. The second-order valence-corrected chi connectivity index (χ2v) is 9.06. The summed E-state index contributed by atoms with van der Waals surface area (Å²) in [6.45, 7) is 5.81. The van der Waals surface area contributed by atoms with Gasteiger partial charge in [-0.05, 0) is 62.2 Å². The highest BCUT2D eigenvalue weighted by molar-refractivity contribution is 5.89. The van der Waals surface area contributed by atoms with Crippen molar-refractivity contribution in [1.29, 1.82) is 0 Å². The number of amides is 2. The summed E-state index contributed by atoms with van der Waals surface area (Å²) in [5.41, 5.74) is 1.48. The molecule has 0 aliphatic rings. The third-order valence-electron chi connectivity index (χ3n) is 6.05. The summed E-state index contributed by atoms with van der Waals surface area (Å²) < 4.78 is 7.05. The number of carbonyl (C=O) groups is 2. The second-order valence-electron chi connectivity index (χ2n) is 9.06. The minimum Gasteiger partial charge on any atom is -0.508 e. The van der Waals surface area contributed by atoms with E-state index in [0.717, 1.165) is 5.52 Å². The number of benzene rings is 2. The molecule has 2 N–H and O–H groups in total. The Hall–Kier alpha value is -4.14. The highest BCUT2D eigenvalue weighted by atomic mass is 16.3. The largest absolute Gasteiger partial charge is 0.508 e. The number of nitrogens with one attached hydrogen (secondary N) is 1. The number of carbonyl (C=O) groups excluding carboxylic acids is 2. The van der Waals surface area contributed by atoms with E-state index in [1.165, 1.54) is 28.0 Å². The van der Waals surface area contributed by atoms with Crippen molar-refractivity contribution in [3.8, 4) is 5.75 Å². The summed E-state index contributed by atoms with van der Waals surface area (Å²) in [5, 5.41) is 21.1. The van der Waals surface area contributed by atoms with Gasteiger partial charge in [0.05, 0.1) is 18.3 Å². The predicted molar refractivity (Wildman–Crippen MR) is 130 cm³/mol. The Balaban J connectivity index is 1.74. The van der Waals surface area contributed by atoms with Gasteiger partial charge in [0.2, 0.25) is 11.8 Å². The molecule has 0 aliphatic heterocycles. The summed E-state index contributed by atoms with van der Waals surface area (Å²) in [7, 11) is 0. The number of hydrogen-bond acceptors (Lipinski definition) is 6. The molecule has 2 heterocycles. The van der Waals surface area contributed by atoms with Gasteiger partial charge in [-0.2, -0.15) is 0 Å². The van der Waals surface area contributed by atoms with Gasteiger partial charge in [-0.1, -0.05) is 36.4 Å². The van der Waals surface area contributed by atoms with E-state index in [1.54, 1.807) is 24.3 Å². The van der Waals surface area contributed by atoms with Gasteiger partial charge in [0.25, 0.3) is 0 Å². The van der Waals surface area contributed by atoms with Crippen LogP contribution in [0.15, 0.2) is 71.3 Å². The van der Waals surface area contributed by atoms with Crippen molar-refractivity contribution >= 4 is 22.8 Å². The SMILES string of the molecule is CCC(C)(C)NC(=O)[C@@H](c1ccc(O)cc1)N(Cc1ccco1)C(=O)Cn1nnc2ccccc21. The molecule has 1 atom stereocenters. The van der Waals surface area contributed by atoms with Crippen molar-refractivity contribution in [2.75, 3.05) is 0 Å². The molecule has 2 aromatic heterocycles. The Bertz CT molecular complexity index is 1300. The van der Waals surface area contributed by atoms with E-state index in [9.17, 15) is 14.7 Å². The first kappa shape index (κ1) is 24.0. The second kappa shape index (κ2) is 10.0. The number of phenolic OH excluding ortho intramolecular Hbond substituents is 1. The molecule has 0 radical (unpaired) electrons. The first-order chi connectivity index (χ1) is 16.8. The third-order valence-corrected chi connectivity index (χ3v) is 6.05. The maximum atomic E-state index is 13.8. The number of aromatic nitrogens is 3. The predicted octanol–water partition coefficient (Wildman–Crippen LogP) is 3.80. The zero-order chi connectivity index (χ0) is 25.0. The molecule has 0 spiro atoms. The molecule has 0 saturated carbocycles. The first-order valence-electron chi connectivity index (χ1n) is 11.5. The van der Waals surface area contributed by atoms with Crippen LogP contribution in [0.3, 0.4) is 0 Å². The maximum absolute atomic E-state index is 13.8. The van der Waals surface area contributed by atoms with E-state index < -0.39 is 11.6 Å². The third kappa shape index (κ3) is 5.51. The smallest absolute Gasteiger partial charge is 0.247 e. The van der Waals surface area contributed by atoms with Gasteiger partial charge >= 0.3 is 0 Å². The fourth-order valence-electron chi connectivity index (χ4n) is 3.77. The van der Waals surface area contributed by atoms with Crippen molar-refractivity contribution < 1.29 is 19.1 Å². The lowest BCUT2D eigenvalue weighted by molar-refractivity contribution is -0.143. The Morgan fingerprint density at radius 1 is 1.11 bits per heavy atom. The molecule has 9 heteroatoms. The summed E-state index contributed by atoms with van der Waals surface area (Å²) in [6.07, 6.45) is 2.23. The van der Waals surface area contributed by atoms with Gasteiger partial charge in [-0.15, -0.1) is 5.10 Å². The lowest BCUT2D eigenvalue weighted by atomic mass is 9.98. The number of rotatable bonds is 9. The van der Waals surface area contributed by atoms with Gasteiger partial charge in [0.15, 0.2) is 0 Å². The van der Waals surface area contributed by atoms with Crippen LogP contribution in [-0.4, -0.2) is 42.4 Å². The molecule has 4 rings (SSSR count). The van der Waals surface area contributed by atoms with E-state index in [1.807, 2.05) is 45.0 Å². The van der Waals surface area contributed by atoms with Crippen LogP contribution in [-0.2, 0) is 22.7 Å².